The van der Waals surface area contributed by atoms with Crippen molar-refractivity contribution in [2.24, 2.45) is 0 Å². The Kier molecular flexibility index (Phi) is 3.42. The summed E-state index contributed by atoms with van der Waals surface area (Å²) in [6, 6.07) is 9.62. The minimum Gasteiger partial charge on any atom is -0.478 e. The summed E-state index contributed by atoms with van der Waals surface area (Å²) in [4.78, 5) is 23.4. The Balaban J connectivity index is 1.86. The molecular formula is C16H13NO5. The zero-order valence-electron chi connectivity index (χ0n) is 11.8. The van der Waals surface area contributed by atoms with E-state index in [0.717, 1.165) is 0 Å². The molecule has 1 heterocycles. The Morgan fingerprint density at radius 3 is 2.68 bits per heavy atom. The molecule has 1 aliphatic heterocycles. The molecule has 1 amide bonds. The Bertz CT molecular complexity index is 769. The van der Waals surface area contributed by atoms with Crippen LogP contribution in [0.15, 0.2) is 36.4 Å². The monoisotopic (exact) mass is 299 g/mol. The molecule has 0 bridgehead atoms. The van der Waals surface area contributed by atoms with Crippen molar-refractivity contribution < 1.29 is 24.2 Å². The van der Waals surface area contributed by atoms with E-state index in [4.69, 9.17) is 14.6 Å². The highest BCUT2D eigenvalue weighted by molar-refractivity contribution is 6.06. The van der Waals surface area contributed by atoms with Crippen LogP contribution in [-0.4, -0.2) is 23.8 Å². The Hall–Kier alpha value is -3.02. The van der Waals surface area contributed by atoms with Gasteiger partial charge < -0.3 is 19.9 Å². The highest BCUT2D eigenvalue weighted by atomic mass is 16.7. The van der Waals surface area contributed by atoms with Gasteiger partial charge in [0.1, 0.15) is 0 Å². The van der Waals surface area contributed by atoms with Crippen LogP contribution in [0.2, 0.25) is 0 Å². The Morgan fingerprint density at radius 1 is 1.14 bits per heavy atom. The molecule has 0 saturated carbocycles. The number of nitrogens with one attached hydrogen (secondary N) is 1. The number of fused-ring (bicyclic) bond motifs is 1. The third kappa shape index (κ3) is 2.46. The number of hydrogen-bond acceptors (Lipinski definition) is 4. The smallest absolute Gasteiger partial charge is 0.336 e. The second kappa shape index (κ2) is 5.40. The lowest BCUT2D eigenvalue weighted by Crippen LogP contribution is -2.14. The van der Waals surface area contributed by atoms with Crippen molar-refractivity contribution >= 4 is 17.6 Å². The number of aromatic carboxylic acids is 1. The third-order valence-electron chi connectivity index (χ3n) is 3.45. The summed E-state index contributed by atoms with van der Waals surface area (Å²) in [7, 11) is 0. The fourth-order valence-electron chi connectivity index (χ4n) is 2.24. The molecule has 0 unspecified atom stereocenters. The predicted octanol–water partition coefficient (Wildman–Crippen LogP) is 2.67. The SMILES string of the molecule is Cc1c(NC(=O)c2ccc3c(c2)OCO3)cccc1C(=O)O. The molecule has 0 saturated heterocycles. The second-order valence-corrected chi connectivity index (χ2v) is 4.81. The number of ether oxygens (including phenoxy) is 2. The van der Waals surface area contributed by atoms with Gasteiger partial charge in [-0.1, -0.05) is 6.07 Å². The summed E-state index contributed by atoms with van der Waals surface area (Å²) in [5, 5.41) is 11.8. The van der Waals surface area contributed by atoms with Crippen LogP contribution in [0, 0.1) is 6.92 Å². The van der Waals surface area contributed by atoms with Gasteiger partial charge in [0, 0.05) is 11.3 Å². The van der Waals surface area contributed by atoms with Crippen molar-refractivity contribution in [2.75, 3.05) is 12.1 Å². The number of carbonyl (C=O) groups excluding carboxylic acids is 1. The first kappa shape index (κ1) is 13.9. The van der Waals surface area contributed by atoms with E-state index in [9.17, 15) is 9.59 Å². The number of anilines is 1. The first-order valence-electron chi connectivity index (χ1n) is 6.60. The highest BCUT2D eigenvalue weighted by Crippen LogP contribution is 2.32. The van der Waals surface area contributed by atoms with Crippen molar-refractivity contribution in [2.45, 2.75) is 6.92 Å². The van der Waals surface area contributed by atoms with Gasteiger partial charge in [0.2, 0.25) is 6.79 Å². The first-order valence-corrected chi connectivity index (χ1v) is 6.60. The van der Waals surface area contributed by atoms with Gasteiger partial charge >= 0.3 is 5.97 Å². The fraction of sp³-hybridized carbons (Fsp3) is 0.125. The normalized spacial score (nSPS) is 12.0. The average Bonchev–Trinajstić information content (AvgIpc) is 2.96. The van der Waals surface area contributed by atoms with Gasteiger partial charge in [0.15, 0.2) is 11.5 Å². The molecule has 1 aliphatic rings. The van der Waals surface area contributed by atoms with E-state index in [1.807, 2.05) is 0 Å². The lowest BCUT2D eigenvalue weighted by Gasteiger charge is -2.10. The maximum Gasteiger partial charge on any atom is 0.336 e. The maximum atomic E-state index is 12.3. The van der Waals surface area contributed by atoms with Gasteiger partial charge in [0.25, 0.3) is 5.91 Å². The molecule has 6 heteroatoms. The summed E-state index contributed by atoms with van der Waals surface area (Å²) in [6.07, 6.45) is 0. The van der Waals surface area contributed by atoms with Gasteiger partial charge in [-0.25, -0.2) is 4.79 Å². The van der Waals surface area contributed by atoms with E-state index in [-0.39, 0.29) is 18.3 Å². The molecule has 0 aromatic heterocycles. The lowest BCUT2D eigenvalue weighted by atomic mass is 10.1. The molecule has 0 spiro atoms. The first-order chi connectivity index (χ1) is 10.6. The van der Waals surface area contributed by atoms with Crippen LogP contribution >= 0.6 is 0 Å². The molecule has 2 aromatic carbocycles. The minimum absolute atomic E-state index is 0.139. The number of hydrogen-bond donors (Lipinski definition) is 2. The number of rotatable bonds is 3. The van der Waals surface area contributed by atoms with Crippen LogP contribution in [-0.2, 0) is 0 Å². The highest BCUT2D eigenvalue weighted by Gasteiger charge is 2.17. The van der Waals surface area contributed by atoms with Crippen molar-refractivity contribution in [1.29, 1.82) is 0 Å². The molecule has 0 fully saturated rings. The molecular weight excluding hydrogens is 286 g/mol. The molecule has 2 aromatic rings. The summed E-state index contributed by atoms with van der Waals surface area (Å²) >= 11 is 0. The van der Waals surface area contributed by atoms with E-state index in [2.05, 4.69) is 5.32 Å². The zero-order valence-corrected chi connectivity index (χ0v) is 11.8. The molecule has 2 N–H and O–H groups in total. The van der Waals surface area contributed by atoms with Gasteiger partial charge in [0.05, 0.1) is 5.56 Å². The lowest BCUT2D eigenvalue weighted by molar-refractivity contribution is 0.0695. The average molecular weight is 299 g/mol. The quantitative estimate of drug-likeness (QED) is 0.910. The minimum atomic E-state index is -1.03. The van der Waals surface area contributed by atoms with Crippen LogP contribution < -0.4 is 14.8 Å². The third-order valence-corrected chi connectivity index (χ3v) is 3.45. The standard InChI is InChI=1S/C16H13NO5/c1-9-11(16(19)20)3-2-4-12(9)17-15(18)10-5-6-13-14(7-10)22-8-21-13/h2-7H,8H2,1H3,(H,17,18)(H,19,20). The van der Waals surface area contributed by atoms with Gasteiger partial charge in [-0.2, -0.15) is 0 Å². The van der Waals surface area contributed by atoms with Crippen LogP contribution in [0.25, 0.3) is 0 Å². The molecule has 0 radical (unpaired) electrons. The fourth-order valence-corrected chi connectivity index (χ4v) is 2.24. The van der Waals surface area contributed by atoms with Crippen LogP contribution in [0.1, 0.15) is 26.3 Å². The Labute approximate surface area is 126 Å². The van der Waals surface area contributed by atoms with Crippen LogP contribution in [0.4, 0.5) is 5.69 Å². The number of carboxylic acid groups (broad SMARTS) is 1. The second-order valence-electron chi connectivity index (χ2n) is 4.81. The zero-order chi connectivity index (χ0) is 15.7. The molecule has 6 nitrogen and oxygen atoms in total. The number of amides is 1. The van der Waals surface area contributed by atoms with E-state index in [1.54, 1.807) is 37.3 Å². The molecule has 3 rings (SSSR count). The van der Waals surface area contributed by atoms with E-state index < -0.39 is 5.97 Å². The summed E-state index contributed by atoms with van der Waals surface area (Å²) in [5.74, 6) is -0.259. The van der Waals surface area contributed by atoms with Crippen molar-refractivity contribution in [1.82, 2.24) is 0 Å². The molecule has 0 atom stereocenters. The summed E-state index contributed by atoms with van der Waals surface area (Å²) in [6.45, 7) is 1.79. The van der Waals surface area contributed by atoms with Crippen LogP contribution in [0.3, 0.4) is 0 Å². The number of carbonyl (C=O) groups is 2. The molecule has 0 aliphatic carbocycles. The van der Waals surface area contributed by atoms with E-state index >= 15 is 0 Å². The van der Waals surface area contributed by atoms with Gasteiger partial charge in [-0.15, -0.1) is 0 Å². The van der Waals surface area contributed by atoms with Crippen molar-refractivity contribution in [3.05, 3.63) is 53.1 Å². The topological polar surface area (TPSA) is 84.9 Å². The largest absolute Gasteiger partial charge is 0.478 e. The molecule has 22 heavy (non-hydrogen) atoms. The van der Waals surface area contributed by atoms with Gasteiger partial charge in [-0.05, 0) is 42.8 Å². The number of carboxylic acids is 1. The molecule has 112 valence electrons. The van der Waals surface area contributed by atoms with Crippen molar-refractivity contribution in [3.63, 3.8) is 0 Å². The van der Waals surface area contributed by atoms with E-state index in [1.165, 1.54) is 6.07 Å². The summed E-state index contributed by atoms with van der Waals surface area (Å²) in [5.41, 5.74) is 1.53. The Morgan fingerprint density at radius 2 is 1.91 bits per heavy atom. The maximum absolute atomic E-state index is 12.3. The summed E-state index contributed by atoms with van der Waals surface area (Å²) < 4.78 is 10.4. The van der Waals surface area contributed by atoms with E-state index in [0.29, 0.717) is 28.3 Å². The predicted molar refractivity (Wildman–Crippen MR) is 78.7 cm³/mol. The van der Waals surface area contributed by atoms with Crippen LogP contribution in [0.5, 0.6) is 11.5 Å². The van der Waals surface area contributed by atoms with Gasteiger partial charge in [-0.3, -0.25) is 4.79 Å². The van der Waals surface area contributed by atoms with Crippen molar-refractivity contribution in [3.8, 4) is 11.5 Å². The number of benzene rings is 2.